The number of ether oxygens (including phenoxy) is 1. The summed E-state index contributed by atoms with van der Waals surface area (Å²) in [4.78, 5) is 26.3. The van der Waals surface area contributed by atoms with Gasteiger partial charge >= 0.3 is 0 Å². The Hall–Kier alpha value is -2.18. The first kappa shape index (κ1) is 17.6. The predicted octanol–water partition coefficient (Wildman–Crippen LogP) is 2.85. The molecule has 6 heteroatoms. The number of benzene rings is 2. The van der Waals surface area contributed by atoms with E-state index in [0.717, 1.165) is 10.0 Å². The van der Waals surface area contributed by atoms with Gasteiger partial charge in [0.2, 0.25) is 0 Å². The van der Waals surface area contributed by atoms with E-state index in [9.17, 15) is 9.59 Å². The molecule has 1 fully saturated rings. The number of hydrogen-bond donors (Lipinski definition) is 1. The van der Waals surface area contributed by atoms with Crippen molar-refractivity contribution in [3.63, 3.8) is 0 Å². The molecule has 1 aliphatic rings. The lowest BCUT2D eigenvalue weighted by Gasteiger charge is -2.26. The number of rotatable bonds is 4. The average molecular weight is 403 g/mol. The minimum atomic E-state index is -0.130. The van der Waals surface area contributed by atoms with Crippen LogP contribution in [-0.2, 0) is 11.3 Å². The summed E-state index contributed by atoms with van der Waals surface area (Å²) >= 11 is 3.36. The van der Waals surface area contributed by atoms with E-state index >= 15 is 0 Å². The number of amides is 2. The van der Waals surface area contributed by atoms with Crippen molar-refractivity contribution >= 4 is 27.7 Å². The van der Waals surface area contributed by atoms with E-state index < -0.39 is 0 Å². The third-order valence-electron chi connectivity index (χ3n) is 4.04. The lowest BCUT2D eigenvalue weighted by Crippen LogP contribution is -2.40. The van der Waals surface area contributed by atoms with Crippen molar-refractivity contribution in [1.82, 2.24) is 10.2 Å². The van der Waals surface area contributed by atoms with Crippen molar-refractivity contribution in [2.75, 3.05) is 26.3 Å². The van der Waals surface area contributed by atoms with Crippen LogP contribution in [0.2, 0.25) is 0 Å². The fourth-order valence-electron chi connectivity index (χ4n) is 2.63. The third kappa shape index (κ3) is 4.67. The maximum absolute atomic E-state index is 12.4. The van der Waals surface area contributed by atoms with Gasteiger partial charge in [0, 0.05) is 35.2 Å². The fourth-order valence-corrected chi connectivity index (χ4v) is 3.03. The second kappa shape index (κ2) is 8.27. The largest absolute Gasteiger partial charge is 0.378 e. The van der Waals surface area contributed by atoms with Gasteiger partial charge in [-0.15, -0.1) is 0 Å². The molecule has 25 heavy (non-hydrogen) atoms. The Morgan fingerprint density at radius 1 is 1.04 bits per heavy atom. The molecule has 130 valence electrons. The maximum Gasteiger partial charge on any atom is 0.254 e. The Bertz CT molecular complexity index is 756. The lowest BCUT2D eigenvalue weighted by atomic mass is 10.1. The van der Waals surface area contributed by atoms with Crippen molar-refractivity contribution in [1.29, 1.82) is 0 Å². The Morgan fingerprint density at radius 3 is 2.44 bits per heavy atom. The van der Waals surface area contributed by atoms with Crippen LogP contribution in [0.4, 0.5) is 0 Å². The molecule has 0 saturated carbocycles. The normalized spacial score (nSPS) is 14.2. The van der Waals surface area contributed by atoms with Crippen LogP contribution in [0.25, 0.3) is 0 Å². The summed E-state index contributed by atoms with van der Waals surface area (Å²) in [5.74, 6) is -0.109. The van der Waals surface area contributed by atoms with Crippen LogP contribution in [0, 0.1) is 0 Å². The van der Waals surface area contributed by atoms with Crippen LogP contribution in [0.15, 0.2) is 53.0 Å². The smallest absolute Gasteiger partial charge is 0.254 e. The van der Waals surface area contributed by atoms with Gasteiger partial charge in [-0.1, -0.05) is 34.1 Å². The molecule has 0 bridgehead atoms. The Labute approximate surface area is 155 Å². The van der Waals surface area contributed by atoms with Gasteiger partial charge in [0.1, 0.15) is 0 Å². The molecule has 1 N–H and O–H groups in total. The third-order valence-corrected chi connectivity index (χ3v) is 4.53. The molecule has 3 rings (SSSR count). The summed E-state index contributed by atoms with van der Waals surface area (Å²) in [5.41, 5.74) is 2.21. The summed E-state index contributed by atoms with van der Waals surface area (Å²) in [6.45, 7) is 2.85. The highest BCUT2D eigenvalue weighted by atomic mass is 79.9. The van der Waals surface area contributed by atoms with Crippen LogP contribution in [-0.4, -0.2) is 43.0 Å². The van der Waals surface area contributed by atoms with Gasteiger partial charge in [0.25, 0.3) is 11.8 Å². The van der Waals surface area contributed by atoms with E-state index in [4.69, 9.17) is 4.74 Å². The van der Waals surface area contributed by atoms with Crippen LogP contribution in [0.5, 0.6) is 0 Å². The quantitative estimate of drug-likeness (QED) is 0.854. The predicted molar refractivity (Wildman–Crippen MR) is 98.5 cm³/mol. The summed E-state index contributed by atoms with van der Waals surface area (Å²) in [7, 11) is 0. The van der Waals surface area contributed by atoms with Crippen LogP contribution in [0.1, 0.15) is 26.3 Å². The number of carbonyl (C=O) groups is 2. The zero-order valence-electron chi connectivity index (χ0n) is 13.7. The van der Waals surface area contributed by atoms with Gasteiger partial charge in [-0.05, 0) is 35.9 Å². The van der Waals surface area contributed by atoms with Gasteiger partial charge in [-0.3, -0.25) is 9.59 Å². The highest BCUT2D eigenvalue weighted by Crippen LogP contribution is 2.12. The van der Waals surface area contributed by atoms with Crippen LogP contribution < -0.4 is 5.32 Å². The average Bonchev–Trinajstić information content (AvgIpc) is 2.66. The first-order valence-electron chi connectivity index (χ1n) is 8.13. The first-order valence-corrected chi connectivity index (χ1v) is 8.92. The van der Waals surface area contributed by atoms with Gasteiger partial charge in [0.05, 0.1) is 13.2 Å². The monoisotopic (exact) mass is 402 g/mol. The Balaban J connectivity index is 1.57. The van der Waals surface area contributed by atoms with E-state index in [1.807, 2.05) is 24.3 Å². The Kier molecular flexibility index (Phi) is 5.83. The van der Waals surface area contributed by atoms with E-state index in [0.29, 0.717) is 44.0 Å². The summed E-state index contributed by atoms with van der Waals surface area (Å²) in [5, 5.41) is 2.88. The van der Waals surface area contributed by atoms with Crippen molar-refractivity contribution in [3.8, 4) is 0 Å². The first-order chi connectivity index (χ1) is 12.1. The summed E-state index contributed by atoms with van der Waals surface area (Å²) < 4.78 is 6.13. The van der Waals surface area contributed by atoms with Crippen LogP contribution >= 0.6 is 15.9 Å². The molecule has 2 aromatic rings. The molecular weight excluding hydrogens is 384 g/mol. The molecule has 0 spiro atoms. The van der Waals surface area contributed by atoms with E-state index in [1.165, 1.54) is 0 Å². The Morgan fingerprint density at radius 2 is 1.76 bits per heavy atom. The second-order valence-electron chi connectivity index (χ2n) is 5.79. The standard InChI is InChI=1S/C19H19BrN2O3/c20-17-3-1-2-16(12-17)18(23)21-13-14-4-6-15(7-5-14)19(24)22-8-10-25-11-9-22/h1-7,12H,8-11,13H2,(H,21,23). The molecule has 0 aromatic heterocycles. The minimum absolute atomic E-state index is 0.0213. The van der Waals surface area contributed by atoms with Crippen molar-refractivity contribution in [2.24, 2.45) is 0 Å². The number of nitrogens with one attached hydrogen (secondary N) is 1. The summed E-state index contributed by atoms with van der Waals surface area (Å²) in [6.07, 6.45) is 0. The summed E-state index contributed by atoms with van der Waals surface area (Å²) in [6, 6.07) is 14.6. The number of hydrogen-bond acceptors (Lipinski definition) is 3. The molecule has 0 atom stereocenters. The number of morpholine rings is 1. The number of carbonyl (C=O) groups excluding carboxylic acids is 2. The fraction of sp³-hybridized carbons (Fsp3) is 0.263. The van der Waals surface area contributed by atoms with Crippen molar-refractivity contribution < 1.29 is 14.3 Å². The van der Waals surface area contributed by atoms with Crippen molar-refractivity contribution in [3.05, 3.63) is 69.7 Å². The molecule has 1 aliphatic heterocycles. The topological polar surface area (TPSA) is 58.6 Å². The van der Waals surface area contributed by atoms with E-state index in [1.54, 1.807) is 29.2 Å². The van der Waals surface area contributed by atoms with Gasteiger partial charge in [0.15, 0.2) is 0 Å². The molecule has 2 amide bonds. The van der Waals surface area contributed by atoms with Gasteiger partial charge in [-0.25, -0.2) is 0 Å². The molecule has 1 heterocycles. The molecule has 2 aromatic carbocycles. The van der Waals surface area contributed by atoms with Gasteiger partial charge in [-0.2, -0.15) is 0 Å². The molecule has 5 nitrogen and oxygen atoms in total. The molecule has 0 aliphatic carbocycles. The highest BCUT2D eigenvalue weighted by Gasteiger charge is 2.18. The van der Waals surface area contributed by atoms with E-state index in [-0.39, 0.29) is 11.8 Å². The highest BCUT2D eigenvalue weighted by molar-refractivity contribution is 9.10. The SMILES string of the molecule is O=C(NCc1ccc(C(=O)N2CCOCC2)cc1)c1cccc(Br)c1. The lowest BCUT2D eigenvalue weighted by molar-refractivity contribution is 0.0303. The molecule has 0 radical (unpaired) electrons. The molecular formula is C19H19BrN2O3. The second-order valence-corrected chi connectivity index (χ2v) is 6.71. The van der Waals surface area contributed by atoms with Gasteiger partial charge < -0.3 is 15.0 Å². The number of nitrogens with zero attached hydrogens (tertiary/aromatic N) is 1. The van der Waals surface area contributed by atoms with Crippen molar-refractivity contribution in [2.45, 2.75) is 6.54 Å². The zero-order valence-corrected chi connectivity index (χ0v) is 15.3. The molecule has 1 saturated heterocycles. The molecule has 0 unspecified atom stereocenters. The maximum atomic E-state index is 12.4. The van der Waals surface area contributed by atoms with Crippen LogP contribution in [0.3, 0.4) is 0 Å². The number of halogens is 1. The minimum Gasteiger partial charge on any atom is -0.378 e. The zero-order chi connectivity index (χ0) is 17.6. The van der Waals surface area contributed by atoms with E-state index in [2.05, 4.69) is 21.2 Å².